The Morgan fingerprint density at radius 2 is 2.19 bits per heavy atom. The van der Waals surface area contributed by atoms with Crippen molar-refractivity contribution in [3.8, 4) is 5.75 Å². The molecular formula is C16H21ClN2O6S. The van der Waals surface area contributed by atoms with E-state index in [-0.39, 0.29) is 34.0 Å². The lowest BCUT2D eigenvalue weighted by atomic mass is 10.1. The van der Waals surface area contributed by atoms with Gasteiger partial charge < -0.3 is 9.64 Å². The Balaban J connectivity index is 2.14. The summed E-state index contributed by atoms with van der Waals surface area (Å²) in [7, 11) is -3.14. The maximum atomic E-state index is 12.7. The molecule has 2 atom stereocenters. The summed E-state index contributed by atoms with van der Waals surface area (Å²) in [4.78, 5) is 24.7. The fraction of sp³-hybridized carbons (Fsp3) is 0.562. The second kappa shape index (κ2) is 8.22. The van der Waals surface area contributed by atoms with Gasteiger partial charge in [-0.1, -0.05) is 18.5 Å². The summed E-state index contributed by atoms with van der Waals surface area (Å²) in [6.45, 7) is 3.33. The summed E-state index contributed by atoms with van der Waals surface area (Å²) >= 11 is 5.76. The number of amides is 1. The molecule has 1 amide bonds. The molecule has 1 aliphatic rings. The first kappa shape index (κ1) is 20.4. The molecule has 0 unspecified atom stereocenters. The molecule has 144 valence electrons. The quantitative estimate of drug-likeness (QED) is 0.510. The predicted octanol–water partition coefficient (Wildman–Crippen LogP) is 2.44. The van der Waals surface area contributed by atoms with Crippen molar-refractivity contribution in [1.29, 1.82) is 0 Å². The lowest BCUT2D eigenvalue weighted by Crippen LogP contribution is -2.48. The number of carbonyl (C=O) groups excluding carboxylic acids is 1. The first-order chi connectivity index (χ1) is 12.1. The molecule has 1 fully saturated rings. The Morgan fingerprint density at radius 1 is 1.50 bits per heavy atom. The van der Waals surface area contributed by atoms with Crippen LogP contribution in [0.25, 0.3) is 0 Å². The van der Waals surface area contributed by atoms with Gasteiger partial charge in [0.1, 0.15) is 0 Å². The van der Waals surface area contributed by atoms with E-state index in [9.17, 15) is 23.3 Å². The number of hydrogen-bond donors (Lipinski definition) is 0. The summed E-state index contributed by atoms with van der Waals surface area (Å²) in [6, 6.07) is 3.36. The van der Waals surface area contributed by atoms with E-state index in [4.69, 9.17) is 16.3 Å². The summed E-state index contributed by atoms with van der Waals surface area (Å²) < 4.78 is 28.9. The van der Waals surface area contributed by atoms with Crippen LogP contribution in [0.2, 0.25) is 5.02 Å². The highest BCUT2D eigenvalue weighted by atomic mass is 35.5. The van der Waals surface area contributed by atoms with Crippen LogP contribution in [0.15, 0.2) is 18.2 Å². The number of hydrogen-bond acceptors (Lipinski definition) is 6. The van der Waals surface area contributed by atoms with Gasteiger partial charge >= 0.3 is 5.69 Å². The van der Waals surface area contributed by atoms with E-state index in [2.05, 4.69) is 0 Å². The SMILES string of the molecule is CC[C@@H](C)N(C(=O)COc1ccc(Cl)cc1[N+](=O)[O-])[C@@H]1CCS(=O)(=O)C1. The van der Waals surface area contributed by atoms with Crippen LogP contribution in [-0.2, 0) is 14.6 Å². The van der Waals surface area contributed by atoms with Crippen LogP contribution in [0.4, 0.5) is 5.69 Å². The number of rotatable bonds is 7. The average molecular weight is 405 g/mol. The standard InChI is InChI=1S/C16H21ClN2O6S/c1-3-11(2)18(13-6-7-26(23,24)10-13)16(20)9-25-15-5-4-12(17)8-14(15)19(21)22/h4-5,8,11,13H,3,6-7,9-10H2,1-2H3/t11-,13-/m1/s1. The molecule has 0 radical (unpaired) electrons. The number of halogens is 1. The van der Waals surface area contributed by atoms with Crippen molar-refractivity contribution in [2.24, 2.45) is 0 Å². The van der Waals surface area contributed by atoms with Gasteiger partial charge in [0.15, 0.2) is 22.2 Å². The summed E-state index contributed by atoms with van der Waals surface area (Å²) in [5.74, 6) is -0.465. The van der Waals surface area contributed by atoms with Crippen molar-refractivity contribution in [3.63, 3.8) is 0 Å². The average Bonchev–Trinajstić information content (AvgIpc) is 2.92. The molecule has 0 N–H and O–H groups in total. The van der Waals surface area contributed by atoms with Crippen molar-refractivity contribution < 1.29 is 22.9 Å². The van der Waals surface area contributed by atoms with Crippen LogP contribution < -0.4 is 4.74 Å². The van der Waals surface area contributed by atoms with E-state index in [1.807, 2.05) is 13.8 Å². The topological polar surface area (TPSA) is 107 Å². The molecule has 1 heterocycles. The van der Waals surface area contributed by atoms with Crippen LogP contribution in [-0.4, -0.2) is 54.3 Å². The maximum Gasteiger partial charge on any atom is 0.312 e. The summed E-state index contributed by atoms with van der Waals surface area (Å²) in [5.41, 5.74) is -0.330. The molecule has 26 heavy (non-hydrogen) atoms. The molecule has 0 saturated carbocycles. The van der Waals surface area contributed by atoms with Gasteiger partial charge in [-0.25, -0.2) is 8.42 Å². The monoisotopic (exact) mass is 404 g/mol. The van der Waals surface area contributed by atoms with E-state index >= 15 is 0 Å². The lowest BCUT2D eigenvalue weighted by molar-refractivity contribution is -0.385. The highest BCUT2D eigenvalue weighted by molar-refractivity contribution is 7.91. The Labute approximate surface area is 157 Å². The molecule has 0 bridgehead atoms. The number of nitro benzene ring substituents is 1. The zero-order valence-corrected chi connectivity index (χ0v) is 16.1. The number of benzene rings is 1. The second-order valence-electron chi connectivity index (χ2n) is 6.27. The summed E-state index contributed by atoms with van der Waals surface area (Å²) in [6.07, 6.45) is 1.04. The minimum Gasteiger partial charge on any atom is -0.477 e. The molecule has 1 aromatic carbocycles. The molecule has 10 heteroatoms. The van der Waals surface area contributed by atoms with Gasteiger partial charge in [0, 0.05) is 23.2 Å². The largest absolute Gasteiger partial charge is 0.477 e. The van der Waals surface area contributed by atoms with Crippen molar-refractivity contribution in [2.45, 2.75) is 38.8 Å². The van der Waals surface area contributed by atoms with Gasteiger partial charge in [-0.05, 0) is 31.9 Å². The third-order valence-electron chi connectivity index (χ3n) is 4.42. The van der Waals surface area contributed by atoms with Crippen LogP contribution >= 0.6 is 11.6 Å². The Morgan fingerprint density at radius 3 is 2.73 bits per heavy atom. The van der Waals surface area contributed by atoms with Crippen LogP contribution in [0, 0.1) is 10.1 Å². The Kier molecular flexibility index (Phi) is 6.46. The second-order valence-corrected chi connectivity index (χ2v) is 8.94. The van der Waals surface area contributed by atoms with Crippen molar-refractivity contribution in [2.75, 3.05) is 18.1 Å². The Hall–Kier alpha value is -1.87. The zero-order valence-electron chi connectivity index (χ0n) is 14.6. The van der Waals surface area contributed by atoms with Crippen LogP contribution in [0.3, 0.4) is 0 Å². The van der Waals surface area contributed by atoms with Crippen molar-refractivity contribution in [1.82, 2.24) is 4.90 Å². The first-order valence-electron chi connectivity index (χ1n) is 8.23. The number of nitro groups is 1. The fourth-order valence-electron chi connectivity index (χ4n) is 2.97. The van der Waals surface area contributed by atoms with E-state index in [1.54, 1.807) is 0 Å². The number of nitrogens with zero attached hydrogens (tertiary/aromatic N) is 2. The van der Waals surface area contributed by atoms with Crippen molar-refractivity contribution >= 4 is 33.0 Å². The fourth-order valence-corrected chi connectivity index (χ4v) is 4.85. The molecule has 0 spiro atoms. The molecule has 2 rings (SSSR count). The first-order valence-corrected chi connectivity index (χ1v) is 10.4. The molecule has 1 aromatic rings. The maximum absolute atomic E-state index is 12.7. The number of carbonyl (C=O) groups is 1. The van der Waals surface area contributed by atoms with Gasteiger partial charge in [0.05, 0.1) is 16.4 Å². The van der Waals surface area contributed by atoms with E-state index < -0.39 is 33.3 Å². The Bertz CT molecular complexity index is 798. The van der Waals surface area contributed by atoms with E-state index in [0.29, 0.717) is 12.8 Å². The molecular weight excluding hydrogens is 384 g/mol. The third-order valence-corrected chi connectivity index (χ3v) is 6.41. The van der Waals surface area contributed by atoms with Crippen LogP contribution in [0.5, 0.6) is 5.75 Å². The van der Waals surface area contributed by atoms with Gasteiger partial charge in [-0.15, -0.1) is 0 Å². The van der Waals surface area contributed by atoms with Crippen molar-refractivity contribution in [3.05, 3.63) is 33.3 Å². The minimum absolute atomic E-state index is 0.0569. The van der Waals surface area contributed by atoms with Gasteiger partial charge in [-0.3, -0.25) is 14.9 Å². The smallest absolute Gasteiger partial charge is 0.312 e. The van der Waals surface area contributed by atoms with Gasteiger partial charge in [0.25, 0.3) is 5.91 Å². The minimum atomic E-state index is -3.14. The molecule has 0 aliphatic carbocycles. The normalized spacial score (nSPS) is 19.7. The van der Waals surface area contributed by atoms with E-state index in [0.717, 1.165) is 6.07 Å². The highest BCUT2D eigenvalue weighted by Crippen LogP contribution is 2.30. The van der Waals surface area contributed by atoms with Gasteiger partial charge in [0.2, 0.25) is 0 Å². The molecule has 1 saturated heterocycles. The van der Waals surface area contributed by atoms with E-state index in [1.165, 1.54) is 17.0 Å². The van der Waals surface area contributed by atoms with Crippen LogP contribution in [0.1, 0.15) is 26.7 Å². The zero-order chi connectivity index (χ0) is 19.5. The summed E-state index contributed by atoms with van der Waals surface area (Å²) in [5, 5.41) is 11.3. The molecule has 8 nitrogen and oxygen atoms in total. The number of ether oxygens (including phenoxy) is 1. The third kappa shape index (κ3) is 4.85. The highest BCUT2D eigenvalue weighted by Gasteiger charge is 2.36. The predicted molar refractivity (Wildman–Crippen MR) is 97.3 cm³/mol. The molecule has 1 aliphatic heterocycles. The molecule has 0 aromatic heterocycles. The number of sulfone groups is 1. The van der Waals surface area contributed by atoms with Gasteiger partial charge in [-0.2, -0.15) is 0 Å². The lowest BCUT2D eigenvalue weighted by Gasteiger charge is -2.33.